The first-order chi connectivity index (χ1) is 14.0. The Morgan fingerprint density at radius 3 is 2.34 bits per heavy atom. The molecule has 0 bridgehead atoms. The normalized spacial score (nSPS) is 14.7. The van der Waals surface area contributed by atoms with Crippen LogP contribution in [0.5, 0.6) is 0 Å². The Hall–Kier alpha value is -3.23. The fourth-order valence-corrected chi connectivity index (χ4v) is 3.12. The lowest BCUT2D eigenvalue weighted by atomic mass is 10.2. The van der Waals surface area contributed by atoms with Crippen molar-refractivity contribution in [3.05, 3.63) is 59.9 Å². The van der Waals surface area contributed by atoms with Crippen LogP contribution in [0, 0.1) is 17.5 Å². The number of halogens is 3. The van der Waals surface area contributed by atoms with Gasteiger partial charge < -0.3 is 20.4 Å². The molecule has 1 heterocycles. The Balaban J connectivity index is 1.51. The summed E-state index contributed by atoms with van der Waals surface area (Å²) >= 11 is 0. The fourth-order valence-electron chi connectivity index (χ4n) is 3.12. The van der Waals surface area contributed by atoms with Gasteiger partial charge in [-0.15, -0.1) is 0 Å². The van der Waals surface area contributed by atoms with E-state index in [4.69, 9.17) is 0 Å². The van der Waals surface area contributed by atoms with Crippen LogP contribution in [0.15, 0.2) is 47.5 Å². The van der Waals surface area contributed by atoms with E-state index in [0.29, 0.717) is 19.0 Å². The topological polar surface area (TPSA) is 60.0 Å². The summed E-state index contributed by atoms with van der Waals surface area (Å²) in [5.41, 5.74) is 0.741. The van der Waals surface area contributed by atoms with Crippen LogP contribution < -0.4 is 15.5 Å². The number of carbonyl (C=O) groups is 1. The highest BCUT2D eigenvalue weighted by molar-refractivity contribution is 5.95. The zero-order chi connectivity index (χ0) is 20.8. The molecule has 0 atom stereocenters. The molecule has 1 fully saturated rings. The third kappa shape index (κ3) is 4.98. The molecule has 2 N–H and O–H groups in total. The molecule has 9 heteroatoms. The lowest BCUT2D eigenvalue weighted by Gasteiger charge is -2.37. The molecule has 0 radical (unpaired) electrons. The number of benzene rings is 2. The molecule has 1 aliphatic heterocycles. The lowest BCUT2D eigenvalue weighted by Crippen LogP contribution is -2.53. The van der Waals surface area contributed by atoms with E-state index in [0.717, 1.165) is 30.9 Å². The third-order valence-electron chi connectivity index (χ3n) is 4.63. The van der Waals surface area contributed by atoms with Crippen LogP contribution in [-0.4, -0.2) is 56.5 Å². The van der Waals surface area contributed by atoms with Crippen molar-refractivity contribution in [1.29, 1.82) is 0 Å². The van der Waals surface area contributed by atoms with Gasteiger partial charge in [0, 0.05) is 38.9 Å². The molecule has 6 nitrogen and oxygen atoms in total. The van der Waals surface area contributed by atoms with Gasteiger partial charge in [0.05, 0.1) is 12.2 Å². The fraction of sp³-hybridized carbons (Fsp3) is 0.300. The number of hydrogen-bond donors (Lipinski definition) is 2. The Labute approximate surface area is 167 Å². The molecule has 0 spiro atoms. The molecule has 0 saturated carbocycles. The van der Waals surface area contributed by atoms with Crippen LogP contribution >= 0.6 is 0 Å². The number of rotatable bonds is 4. The summed E-state index contributed by atoms with van der Waals surface area (Å²) in [6, 6.07) is 11.8. The molecular formula is C20H22F3N5O. The Kier molecular flexibility index (Phi) is 6.58. The minimum atomic E-state index is -1.62. The maximum atomic E-state index is 13.7. The summed E-state index contributed by atoms with van der Waals surface area (Å²) < 4.78 is 39.9. The van der Waals surface area contributed by atoms with E-state index in [1.807, 2.05) is 23.1 Å². The molecule has 0 aliphatic carbocycles. The van der Waals surface area contributed by atoms with Gasteiger partial charge in [0.2, 0.25) is 5.91 Å². The second-order valence-electron chi connectivity index (χ2n) is 6.48. The van der Waals surface area contributed by atoms with Crippen LogP contribution in [0.2, 0.25) is 0 Å². The zero-order valence-corrected chi connectivity index (χ0v) is 16.0. The summed E-state index contributed by atoms with van der Waals surface area (Å²) in [7, 11) is 1.61. The number of anilines is 2. The number of guanidine groups is 1. The van der Waals surface area contributed by atoms with Crippen LogP contribution in [0.1, 0.15) is 0 Å². The molecule has 2 aromatic carbocycles. The van der Waals surface area contributed by atoms with Crippen molar-refractivity contribution in [2.24, 2.45) is 4.99 Å². The van der Waals surface area contributed by atoms with Crippen molar-refractivity contribution in [2.45, 2.75) is 0 Å². The Morgan fingerprint density at radius 1 is 1.00 bits per heavy atom. The van der Waals surface area contributed by atoms with Crippen LogP contribution in [0.4, 0.5) is 24.5 Å². The van der Waals surface area contributed by atoms with Gasteiger partial charge in [0.15, 0.2) is 23.4 Å². The first-order valence-corrected chi connectivity index (χ1v) is 9.18. The average molecular weight is 405 g/mol. The molecule has 0 unspecified atom stereocenters. The molecule has 29 heavy (non-hydrogen) atoms. The molecular weight excluding hydrogens is 383 g/mol. The van der Waals surface area contributed by atoms with E-state index in [2.05, 4.69) is 32.7 Å². The van der Waals surface area contributed by atoms with Gasteiger partial charge in [0.25, 0.3) is 0 Å². The predicted octanol–water partition coefficient (Wildman–Crippen LogP) is 2.44. The smallest absolute Gasteiger partial charge is 0.243 e. The maximum Gasteiger partial charge on any atom is 0.243 e. The van der Waals surface area contributed by atoms with Crippen molar-refractivity contribution in [3.8, 4) is 0 Å². The molecule has 1 aliphatic rings. The SMILES string of the molecule is CN=C(NCC(=O)Nc1ccc(F)c(F)c1F)N1CCN(c2ccccc2)CC1. The quantitative estimate of drug-likeness (QED) is 0.466. The van der Waals surface area contributed by atoms with E-state index in [1.165, 1.54) is 0 Å². The van der Waals surface area contributed by atoms with Crippen LogP contribution in [0.25, 0.3) is 0 Å². The van der Waals surface area contributed by atoms with Gasteiger partial charge in [-0.25, -0.2) is 13.2 Å². The number of nitrogens with zero attached hydrogens (tertiary/aromatic N) is 3. The van der Waals surface area contributed by atoms with Crippen molar-refractivity contribution in [1.82, 2.24) is 10.2 Å². The second kappa shape index (κ2) is 9.31. The van der Waals surface area contributed by atoms with Gasteiger partial charge in [-0.05, 0) is 24.3 Å². The first kappa shape index (κ1) is 20.5. The average Bonchev–Trinajstić information content (AvgIpc) is 2.75. The highest BCUT2D eigenvalue weighted by atomic mass is 19.2. The van der Waals surface area contributed by atoms with Crippen molar-refractivity contribution in [2.75, 3.05) is 50.0 Å². The van der Waals surface area contributed by atoms with E-state index in [-0.39, 0.29) is 6.54 Å². The van der Waals surface area contributed by atoms with Crippen molar-refractivity contribution in [3.63, 3.8) is 0 Å². The molecule has 154 valence electrons. The van der Waals surface area contributed by atoms with Crippen LogP contribution in [0.3, 0.4) is 0 Å². The molecule has 1 amide bonds. The van der Waals surface area contributed by atoms with E-state index in [1.54, 1.807) is 7.05 Å². The van der Waals surface area contributed by atoms with Gasteiger partial charge >= 0.3 is 0 Å². The number of amides is 1. The summed E-state index contributed by atoms with van der Waals surface area (Å²) in [4.78, 5) is 20.5. The highest BCUT2D eigenvalue weighted by Gasteiger charge is 2.20. The predicted molar refractivity (Wildman–Crippen MR) is 107 cm³/mol. The van der Waals surface area contributed by atoms with E-state index < -0.39 is 29.0 Å². The number of para-hydroxylation sites is 1. The number of nitrogens with one attached hydrogen (secondary N) is 2. The number of hydrogen-bond acceptors (Lipinski definition) is 3. The minimum absolute atomic E-state index is 0.190. The summed E-state index contributed by atoms with van der Waals surface area (Å²) in [6.45, 7) is 2.85. The summed E-state index contributed by atoms with van der Waals surface area (Å²) in [5, 5.41) is 5.14. The standard InChI is InChI=1S/C20H22F3N5O/c1-24-20(28-11-9-27(10-12-28)14-5-3-2-4-6-14)25-13-17(29)26-16-8-7-15(21)18(22)19(16)23/h2-8H,9-13H2,1H3,(H,24,25)(H,26,29). The number of carbonyl (C=O) groups excluding carboxylic acids is 1. The van der Waals surface area contributed by atoms with Gasteiger partial charge in [0.1, 0.15) is 0 Å². The summed E-state index contributed by atoms with van der Waals surface area (Å²) in [6.07, 6.45) is 0. The van der Waals surface area contributed by atoms with E-state index >= 15 is 0 Å². The minimum Gasteiger partial charge on any atom is -0.368 e. The maximum absolute atomic E-state index is 13.7. The second-order valence-corrected chi connectivity index (χ2v) is 6.48. The van der Waals surface area contributed by atoms with Crippen molar-refractivity contribution < 1.29 is 18.0 Å². The molecule has 3 rings (SSSR count). The van der Waals surface area contributed by atoms with Gasteiger partial charge in [-0.3, -0.25) is 9.79 Å². The number of piperazine rings is 1. The zero-order valence-electron chi connectivity index (χ0n) is 16.0. The Morgan fingerprint density at radius 2 is 1.69 bits per heavy atom. The molecule has 1 saturated heterocycles. The first-order valence-electron chi connectivity index (χ1n) is 9.18. The number of aliphatic imine (C=N–C) groups is 1. The highest BCUT2D eigenvalue weighted by Crippen LogP contribution is 2.19. The Bertz CT molecular complexity index is 883. The van der Waals surface area contributed by atoms with Gasteiger partial charge in [-0.1, -0.05) is 18.2 Å². The summed E-state index contributed by atoms with van der Waals surface area (Å²) in [5.74, 6) is -4.42. The lowest BCUT2D eigenvalue weighted by molar-refractivity contribution is -0.115. The largest absolute Gasteiger partial charge is 0.368 e. The van der Waals surface area contributed by atoms with E-state index in [9.17, 15) is 18.0 Å². The monoisotopic (exact) mass is 405 g/mol. The molecule has 2 aromatic rings. The van der Waals surface area contributed by atoms with Crippen molar-refractivity contribution >= 4 is 23.2 Å². The van der Waals surface area contributed by atoms with Crippen LogP contribution in [-0.2, 0) is 4.79 Å². The van der Waals surface area contributed by atoms with Gasteiger partial charge in [-0.2, -0.15) is 0 Å². The third-order valence-corrected chi connectivity index (χ3v) is 4.63. The molecule has 0 aromatic heterocycles.